The maximum absolute atomic E-state index is 16.2. The zero-order valence-electron chi connectivity index (χ0n) is 76.6. The van der Waals surface area contributed by atoms with Gasteiger partial charge in [-0.15, -0.1) is 0 Å². The fourth-order valence-electron chi connectivity index (χ4n) is 18.8. The Labute approximate surface area is 743 Å². The molecule has 116 heavy (non-hydrogen) atoms. The summed E-state index contributed by atoms with van der Waals surface area (Å²) >= 11 is 0.512. The zero-order chi connectivity index (χ0) is 82.1. The van der Waals surface area contributed by atoms with Crippen LogP contribution in [0.25, 0.3) is 37.8 Å². The van der Waals surface area contributed by atoms with E-state index in [2.05, 4.69) is 113 Å². The summed E-state index contributed by atoms with van der Waals surface area (Å²) in [7, 11) is 0. The summed E-state index contributed by atoms with van der Waals surface area (Å²) in [5.74, 6) is 1.51. The molecule has 0 spiro atoms. The molecule has 0 N–H and O–H groups in total. The first-order chi connectivity index (χ1) is 57.1. The summed E-state index contributed by atoms with van der Waals surface area (Å²) in [4.78, 5) is 34.7. The van der Waals surface area contributed by atoms with Gasteiger partial charge in [0.15, 0.2) is 0 Å². The molecule has 6 aromatic rings. The molecule has 658 valence electrons. The Kier molecular flexibility index (Phi) is 56.8. The summed E-state index contributed by atoms with van der Waals surface area (Å²) in [6.07, 6.45) is 88.2. The predicted molar refractivity (Wildman–Crippen MR) is 515 cm³/mol. The molecule has 10 heteroatoms. The number of thiophene rings is 1. The van der Waals surface area contributed by atoms with Crippen molar-refractivity contribution in [2.45, 2.75) is 504 Å². The van der Waals surface area contributed by atoms with E-state index in [0.717, 1.165) is 85.7 Å². The molecule has 0 aromatic carbocycles. The van der Waals surface area contributed by atoms with Crippen LogP contribution >= 0.6 is 11.3 Å². The second kappa shape index (κ2) is 65.0. The van der Waals surface area contributed by atoms with Gasteiger partial charge in [-0.25, -0.2) is 0 Å². The van der Waals surface area contributed by atoms with Crippen molar-refractivity contribution in [3.8, 4) is 26.7 Å². The van der Waals surface area contributed by atoms with Crippen LogP contribution in [-0.4, -0.2) is 77.7 Å². The molecular formula is C106H176N2O4SSeTe2. The Balaban J connectivity index is 1.20. The van der Waals surface area contributed by atoms with Crippen molar-refractivity contribution in [2.75, 3.05) is 13.2 Å². The van der Waals surface area contributed by atoms with Crippen molar-refractivity contribution >= 4 is 77.7 Å². The maximum atomic E-state index is 16.2. The number of hydrogen-bond acceptors (Lipinski definition) is 5. The van der Waals surface area contributed by atoms with Gasteiger partial charge in [0.2, 0.25) is 0 Å². The molecule has 0 radical (unpaired) electrons. The molecular weight excluding hydrogens is 1730 g/mol. The molecule has 0 amide bonds. The Morgan fingerprint density at radius 1 is 0.336 bits per heavy atom. The summed E-state index contributed by atoms with van der Waals surface area (Å²) in [6, 6.07) is 18.8. The number of ether oxygens (including phenoxy) is 2. The van der Waals surface area contributed by atoms with Crippen LogP contribution in [0.2, 0.25) is 0 Å². The van der Waals surface area contributed by atoms with E-state index in [4.69, 9.17) is 9.47 Å². The molecule has 0 fully saturated rings. The van der Waals surface area contributed by atoms with Gasteiger partial charge >= 0.3 is 497 Å². The second-order valence-electron chi connectivity index (χ2n) is 36.5. The summed E-state index contributed by atoms with van der Waals surface area (Å²) in [6.45, 7) is 21.5. The van der Waals surface area contributed by atoms with Crippen LogP contribution in [0.4, 0.5) is 0 Å². The normalized spacial score (nSPS) is 14.1. The molecule has 7 rings (SSSR count). The fraction of sp³-hybridized carbons (Fsp3) is 0.774. The zero-order valence-corrected chi connectivity index (χ0v) is 83.8. The van der Waals surface area contributed by atoms with Crippen LogP contribution in [0, 0.1) is 25.7 Å². The van der Waals surface area contributed by atoms with E-state index < -0.39 is 40.9 Å². The molecule has 0 saturated carbocycles. The SMILES string of the molecule is CCCCCCCCCCCCOC1c2cc(C)[se]c2C(OCCCCCCCCCCCC)c2cc(-c3ccc(-c4cc5c(cc(-c6ccc(C)[te]6)c(=O)n5CCCCC(CCCCCCCCCC)CCCCCCCCCCCC)n(CCCCC(CCCCCCCCCC)CCCCCCCCCCCC)c4=O)[te]3)sc21. The summed E-state index contributed by atoms with van der Waals surface area (Å²) < 4.78 is 27.2. The van der Waals surface area contributed by atoms with Crippen LogP contribution in [0.1, 0.15) is 506 Å². The first-order valence-electron chi connectivity index (χ1n) is 50.6. The van der Waals surface area contributed by atoms with Crippen molar-refractivity contribution in [3.63, 3.8) is 0 Å². The first kappa shape index (κ1) is 101. The molecule has 6 aromatic heterocycles. The summed E-state index contributed by atoms with van der Waals surface area (Å²) in [5, 5.41) is 0. The van der Waals surface area contributed by atoms with E-state index in [1.807, 2.05) is 11.3 Å². The van der Waals surface area contributed by atoms with Gasteiger partial charge in [0.1, 0.15) is 0 Å². The third kappa shape index (κ3) is 39.2. The van der Waals surface area contributed by atoms with Gasteiger partial charge < -0.3 is 0 Å². The Morgan fingerprint density at radius 3 is 0.983 bits per heavy atom. The fourth-order valence-corrected chi connectivity index (χ4v) is 28.1. The number of nitrogens with zero attached hydrogens (tertiary/aromatic N) is 2. The third-order valence-corrected chi connectivity index (χ3v) is 36.3. The number of aryl methyl sites for hydroxylation is 4. The van der Waals surface area contributed by atoms with Gasteiger partial charge in [0.25, 0.3) is 0 Å². The van der Waals surface area contributed by atoms with Crippen molar-refractivity contribution in [3.05, 3.63) is 97.7 Å². The van der Waals surface area contributed by atoms with Crippen LogP contribution in [0.15, 0.2) is 58.1 Å². The quantitative estimate of drug-likeness (QED) is 0.0282. The van der Waals surface area contributed by atoms with Crippen molar-refractivity contribution in [1.29, 1.82) is 0 Å². The number of fused-ring (bicyclic) bond motifs is 3. The Bertz CT molecular complexity index is 3460. The molecule has 6 nitrogen and oxygen atoms in total. The van der Waals surface area contributed by atoms with Crippen LogP contribution in [0.5, 0.6) is 0 Å². The minimum absolute atomic E-state index is 0.0357. The van der Waals surface area contributed by atoms with Crippen molar-refractivity contribution in [1.82, 2.24) is 9.13 Å². The number of pyridine rings is 2. The van der Waals surface area contributed by atoms with E-state index in [0.29, 0.717) is 13.1 Å². The molecule has 6 heterocycles. The Hall–Kier alpha value is -1.68. The van der Waals surface area contributed by atoms with Gasteiger partial charge in [-0.2, -0.15) is 0 Å². The molecule has 1 aliphatic rings. The standard InChI is InChI=1S/C106H176N2O4SSeTe2/c1-9-15-21-27-33-39-43-49-55-61-71-89(69-59-53-47-37-31-25-19-13-5)73-63-65-79-107-96-85-92(106(110)108(95(96)84-91(105(107)109)98-76-75-88(8)115-98)80-66-64-74-90(70-60-54-48-38-32-26-20-14-6)72-62-56-50-44-40-34-28-22-16-10-2)99-77-78-100(116-99)97-86-93-102(112-82-68-58-52-46-42-36-30-24-18-12-4)104-94(83-87(7)114-104)101(103(93)113-97)111-81-67-57-51-45-41-35-29-23-17-11-3/h75-78,83-86,89-90,101-102H,9-74,79-82H2,1-8H3. The summed E-state index contributed by atoms with van der Waals surface area (Å²) in [5.41, 5.74) is 6.70. The number of aromatic nitrogens is 2. The monoisotopic (exact) mass is 1910 g/mol. The molecule has 4 atom stereocenters. The molecule has 0 saturated heterocycles. The average Bonchev–Trinajstić information content (AvgIpc) is 1.47. The van der Waals surface area contributed by atoms with Gasteiger partial charge in [-0.3, -0.25) is 0 Å². The van der Waals surface area contributed by atoms with Crippen molar-refractivity contribution < 1.29 is 9.47 Å². The van der Waals surface area contributed by atoms with E-state index in [1.54, 1.807) is 0 Å². The molecule has 4 unspecified atom stereocenters. The first-order valence-corrected chi connectivity index (χ1v) is 57.8. The molecule has 0 bridgehead atoms. The number of unbranched alkanes of at least 4 members (excludes halogenated alkanes) is 52. The van der Waals surface area contributed by atoms with Crippen molar-refractivity contribution in [2.24, 2.45) is 11.8 Å². The number of hydrogen-bond donors (Lipinski definition) is 0. The van der Waals surface area contributed by atoms with Crippen LogP contribution in [0.3, 0.4) is 0 Å². The molecule has 1 aliphatic carbocycles. The van der Waals surface area contributed by atoms with Crippen LogP contribution < -0.4 is 11.1 Å². The average molecular weight is 1910 g/mol. The second-order valence-corrected chi connectivity index (χ2v) is 47.1. The third-order valence-electron chi connectivity index (χ3n) is 26.1. The van der Waals surface area contributed by atoms with Gasteiger partial charge in [-0.1, -0.05) is 253 Å². The van der Waals surface area contributed by atoms with E-state index in [9.17, 15) is 0 Å². The van der Waals surface area contributed by atoms with Gasteiger partial charge in [0, 0.05) is 0 Å². The minimum atomic E-state index is -1.01. The van der Waals surface area contributed by atoms with Gasteiger partial charge in [0.05, 0.1) is 0 Å². The number of rotatable bonds is 77. The van der Waals surface area contributed by atoms with Gasteiger partial charge in [-0.05, 0) is 0 Å². The Morgan fingerprint density at radius 2 is 0.638 bits per heavy atom. The topological polar surface area (TPSA) is 62.5 Å². The van der Waals surface area contributed by atoms with E-state index >= 15 is 9.59 Å². The van der Waals surface area contributed by atoms with Crippen LogP contribution in [-0.2, 0) is 22.6 Å². The van der Waals surface area contributed by atoms with E-state index in [1.165, 1.54) is 429 Å². The predicted octanol–water partition coefficient (Wildman–Crippen LogP) is 33.6. The molecule has 0 aliphatic heterocycles. The van der Waals surface area contributed by atoms with E-state index in [-0.39, 0.29) is 37.8 Å².